The van der Waals surface area contributed by atoms with E-state index in [4.69, 9.17) is 18.9 Å². The second kappa shape index (κ2) is 11.0. The molecule has 1 unspecified atom stereocenters. The number of aliphatic hydroxyl groups is 6. The highest BCUT2D eigenvalue weighted by atomic mass is 16.7. The van der Waals surface area contributed by atoms with Gasteiger partial charge in [-0.1, -0.05) is 32.4 Å². The van der Waals surface area contributed by atoms with Crippen LogP contribution in [-0.2, 0) is 23.7 Å². The van der Waals surface area contributed by atoms with E-state index in [1.807, 2.05) is 0 Å². The minimum Gasteiger partial charge on any atom is -0.456 e. The van der Waals surface area contributed by atoms with Crippen LogP contribution in [0, 0.1) is 35.0 Å². The second-order valence-corrected chi connectivity index (χ2v) is 15.7. The Balaban J connectivity index is 1.27. The SMILES string of the molecule is C[C@H]([C@@H](C[C@@](C)(O)C(C)(C)O)O[C@@H]1O[C@H](CO)[C@@H](O)C(O)[C@H]1O)[C@@H]1CC[C@H]2[C@H]3C(=CC[C@]12C)[C@H](C)[C@]1(CCC(=O)O1)[C@@H]1O[C@@H]31. The predicted molar refractivity (Wildman–Crippen MR) is 156 cm³/mol. The van der Waals surface area contributed by atoms with Crippen LogP contribution in [0.3, 0.4) is 0 Å². The molecule has 3 aliphatic carbocycles. The zero-order chi connectivity index (χ0) is 32.1. The largest absolute Gasteiger partial charge is 0.456 e. The fourth-order valence-corrected chi connectivity index (χ4v) is 9.69. The van der Waals surface area contributed by atoms with Crippen LogP contribution in [0.5, 0.6) is 0 Å². The molecule has 0 amide bonds. The minimum absolute atomic E-state index is 0.0210. The van der Waals surface area contributed by atoms with Crippen LogP contribution in [0.25, 0.3) is 0 Å². The smallest absolute Gasteiger partial charge is 0.306 e. The molecule has 6 aliphatic rings. The highest BCUT2D eigenvalue weighted by Gasteiger charge is 2.72. The predicted octanol–water partition coefficient (Wildman–Crippen LogP) is 1.19. The molecule has 0 radical (unpaired) electrons. The van der Waals surface area contributed by atoms with E-state index in [0.29, 0.717) is 18.8 Å². The van der Waals surface area contributed by atoms with Gasteiger partial charge in [0.25, 0.3) is 0 Å². The van der Waals surface area contributed by atoms with E-state index in [-0.39, 0.29) is 53.7 Å². The van der Waals surface area contributed by atoms with Crippen molar-refractivity contribution in [3.8, 4) is 0 Å². The van der Waals surface area contributed by atoms with Crippen LogP contribution < -0.4 is 0 Å². The van der Waals surface area contributed by atoms with E-state index in [2.05, 4.69) is 26.8 Å². The lowest BCUT2D eigenvalue weighted by atomic mass is 9.53. The number of esters is 1. The van der Waals surface area contributed by atoms with Crippen molar-refractivity contribution < 1.29 is 54.4 Å². The van der Waals surface area contributed by atoms with Gasteiger partial charge in [0.05, 0.1) is 30.0 Å². The highest BCUT2D eigenvalue weighted by Crippen LogP contribution is 2.68. The first-order valence-corrected chi connectivity index (χ1v) is 16.4. The molecule has 44 heavy (non-hydrogen) atoms. The van der Waals surface area contributed by atoms with Gasteiger partial charge in [0.2, 0.25) is 0 Å². The minimum atomic E-state index is -1.59. The molecule has 5 fully saturated rings. The average molecular weight is 625 g/mol. The zero-order valence-electron chi connectivity index (χ0n) is 26.8. The van der Waals surface area contributed by atoms with Gasteiger partial charge >= 0.3 is 5.97 Å². The summed E-state index contributed by atoms with van der Waals surface area (Å²) >= 11 is 0. The molecule has 16 atom stereocenters. The molecular formula is C33H52O11. The van der Waals surface area contributed by atoms with E-state index in [1.54, 1.807) is 6.92 Å². The number of aliphatic hydroxyl groups excluding tert-OH is 4. The molecule has 0 aromatic carbocycles. The first kappa shape index (κ1) is 32.8. The van der Waals surface area contributed by atoms with Crippen LogP contribution >= 0.6 is 0 Å². The maximum absolute atomic E-state index is 12.2. The third-order valence-electron chi connectivity index (χ3n) is 13.0. The Kier molecular flexibility index (Phi) is 8.16. The van der Waals surface area contributed by atoms with Crippen molar-refractivity contribution in [1.82, 2.24) is 0 Å². The molecule has 0 aromatic rings. The summed E-state index contributed by atoms with van der Waals surface area (Å²) in [7, 11) is 0. The molecule has 0 aromatic heterocycles. The molecule has 11 heteroatoms. The Morgan fingerprint density at radius 2 is 1.80 bits per heavy atom. The summed E-state index contributed by atoms with van der Waals surface area (Å²) in [6.07, 6.45) is -1.70. The van der Waals surface area contributed by atoms with Gasteiger partial charge in [0.15, 0.2) is 6.29 Å². The van der Waals surface area contributed by atoms with Gasteiger partial charge in [0, 0.05) is 31.1 Å². The van der Waals surface area contributed by atoms with Crippen molar-refractivity contribution >= 4 is 5.97 Å². The van der Waals surface area contributed by atoms with Gasteiger partial charge in [0.1, 0.15) is 36.1 Å². The number of carbonyl (C=O) groups is 1. The van der Waals surface area contributed by atoms with Crippen molar-refractivity contribution in [3.05, 3.63) is 11.6 Å². The highest BCUT2D eigenvalue weighted by molar-refractivity contribution is 5.73. The monoisotopic (exact) mass is 624 g/mol. The van der Waals surface area contributed by atoms with Crippen molar-refractivity contribution in [1.29, 1.82) is 0 Å². The van der Waals surface area contributed by atoms with Crippen LogP contribution in [-0.4, -0.2) is 109 Å². The molecular weight excluding hydrogens is 572 g/mol. The normalized spacial score (nSPS) is 49.3. The molecule has 3 saturated heterocycles. The summed E-state index contributed by atoms with van der Waals surface area (Å²) in [5.41, 5.74) is -2.38. The first-order valence-electron chi connectivity index (χ1n) is 16.4. The number of hydrogen-bond acceptors (Lipinski definition) is 11. The number of ether oxygens (including phenoxy) is 4. The first-order chi connectivity index (χ1) is 20.5. The maximum Gasteiger partial charge on any atom is 0.306 e. The van der Waals surface area contributed by atoms with Gasteiger partial charge in [-0.25, -0.2) is 0 Å². The van der Waals surface area contributed by atoms with Crippen LogP contribution in [0.2, 0.25) is 0 Å². The molecule has 2 saturated carbocycles. The standard InChI is InChI=1S/C33H52O11/c1-15(20(13-32(6,40)30(3,4)39)41-29-26(38)25(37)24(36)21(14-34)42-29)18-7-8-19-23-17(9-11-31(18,19)5)16(2)33(28-27(23)43-28)12-10-22(35)44-33/h9,15-16,18-21,23-29,34,36-40H,7-8,10-14H2,1-6H3/t15-,16-,18-,19-,20+,21+,23+,24+,25?,26+,27-,28+,29+,31+,32+,33+/m0/s1. The number of rotatable bonds is 8. The van der Waals surface area contributed by atoms with E-state index >= 15 is 0 Å². The number of allylic oxidation sites excluding steroid dienone is 1. The summed E-state index contributed by atoms with van der Waals surface area (Å²) in [5, 5.41) is 63.5. The van der Waals surface area contributed by atoms with Crippen molar-refractivity contribution in [3.63, 3.8) is 0 Å². The molecule has 0 bridgehead atoms. The van der Waals surface area contributed by atoms with Crippen molar-refractivity contribution in [2.24, 2.45) is 35.0 Å². The van der Waals surface area contributed by atoms with Crippen LogP contribution in [0.1, 0.15) is 80.1 Å². The fourth-order valence-electron chi connectivity index (χ4n) is 9.69. The number of carbonyl (C=O) groups excluding carboxylic acids is 1. The molecule has 6 rings (SSSR count). The summed E-state index contributed by atoms with van der Waals surface area (Å²) in [6.45, 7) is 10.6. The summed E-state index contributed by atoms with van der Waals surface area (Å²) in [5.74, 6) is 0.497. The number of hydrogen-bond donors (Lipinski definition) is 6. The van der Waals surface area contributed by atoms with E-state index in [1.165, 1.54) is 19.4 Å². The Morgan fingerprint density at radius 3 is 2.41 bits per heavy atom. The quantitative estimate of drug-likeness (QED) is 0.130. The summed E-state index contributed by atoms with van der Waals surface area (Å²) in [6, 6.07) is 0. The van der Waals surface area contributed by atoms with Crippen molar-refractivity contribution in [2.45, 2.75) is 146 Å². The molecule has 1 spiro atoms. The third-order valence-corrected chi connectivity index (χ3v) is 13.0. The molecule has 11 nitrogen and oxygen atoms in total. The third kappa shape index (κ3) is 4.92. The van der Waals surface area contributed by atoms with Crippen LogP contribution in [0.4, 0.5) is 0 Å². The maximum atomic E-state index is 12.2. The average Bonchev–Trinajstić information content (AvgIpc) is 3.55. The Hall–Kier alpha value is -1.15. The number of epoxide rings is 1. The van der Waals surface area contributed by atoms with Crippen molar-refractivity contribution in [2.75, 3.05) is 6.61 Å². The second-order valence-electron chi connectivity index (χ2n) is 15.7. The zero-order valence-corrected chi connectivity index (χ0v) is 26.8. The van der Waals surface area contributed by atoms with Gasteiger partial charge < -0.3 is 49.6 Å². The molecule has 3 heterocycles. The van der Waals surface area contributed by atoms with Gasteiger partial charge in [-0.3, -0.25) is 4.79 Å². The van der Waals surface area contributed by atoms with E-state index < -0.39 is 60.2 Å². The Bertz CT molecular complexity index is 1150. The van der Waals surface area contributed by atoms with E-state index in [9.17, 15) is 35.4 Å². The Labute approximate surface area is 259 Å². The lowest BCUT2D eigenvalue weighted by Gasteiger charge is -2.52. The van der Waals surface area contributed by atoms with Gasteiger partial charge in [-0.2, -0.15) is 0 Å². The van der Waals surface area contributed by atoms with E-state index in [0.717, 1.165) is 19.3 Å². The summed E-state index contributed by atoms with van der Waals surface area (Å²) < 4.78 is 24.4. The number of fused-ring (bicyclic) bond motifs is 6. The Morgan fingerprint density at radius 1 is 1.09 bits per heavy atom. The molecule has 6 N–H and O–H groups in total. The van der Waals surface area contributed by atoms with Gasteiger partial charge in [-0.15, -0.1) is 0 Å². The fraction of sp³-hybridized carbons (Fsp3) is 0.909. The summed E-state index contributed by atoms with van der Waals surface area (Å²) in [4.78, 5) is 12.2. The topological polar surface area (TPSA) is 179 Å². The molecule has 250 valence electrons. The molecule has 3 aliphatic heterocycles. The lowest BCUT2D eigenvalue weighted by molar-refractivity contribution is -0.320. The lowest BCUT2D eigenvalue weighted by Crippen LogP contribution is -2.61. The van der Waals surface area contributed by atoms with Crippen LogP contribution in [0.15, 0.2) is 11.6 Å². The van der Waals surface area contributed by atoms with Gasteiger partial charge in [-0.05, 0) is 63.2 Å².